The molecule has 0 fully saturated rings. The maximum absolute atomic E-state index is 5.21. The van der Waals surface area contributed by atoms with Crippen molar-refractivity contribution in [2.45, 2.75) is 0 Å². The van der Waals surface area contributed by atoms with Crippen molar-refractivity contribution in [3.63, 3.8) is 0 Å². The first-order valence-electron chi connectivity index (χ1n) is 16.7. The van der Waals surface area contributed by atoms with Gasteiger partial charge in [-0.3, -0.25) is 4.98 Å². The largest absolute Gasteiger partial charge is 0.264 e. The van der Waals surface area contributed by atoms with E-state index in [0.29, 0.717) is 5.82 Å². The van der Waals surface area contributed by atoms with Gasteiger partial charge < -0.3 is 0 Å². The highest BCUT2D eigenvalue weighted by Gasteiger charge is 2.16. The summed E-state index contributed by atoms with van der Waals surface area (Å²) in [4.78, 5) is 19.6. The predicted molar refractivity (Wildman–Crippen MR) is 205 cm³/mol. The Bertz CT molecular complexity index is 2550. The average Bonchev–Trinajstić information content (AvgIpc) is 3.21. The van der Waals surface area contributed by atoms with Crippen LogP contribution in [0.15, 0.2) is 182 Å². The van der Waals surface area contributed by atoms with Crippen LogP contribution in [-0.2, 0) is 0 Å². The van der Waals surface area contributed by atoms with Crippen LogP contribution in [0, 0.1) is 0 Å². The molecule has 9 rings (SSSR count). The Labute approximate surface area is 290 Å². The highest BCUT2D eigenvalue weighted by atomic mass is 14.9. The molecule has 0 N–H and O–H groups in total. The summed E-state index contributed by atoms with van der Waals surface area (Å²) in [7, 11) is 0. The van der Waals surface area contributed by atoms with Crippen LogP contribution in [0.1, 0.15) is 0 Å². The number of aromatic nitrogens is 4. The number of nitrogens with zero attached hydrogens (tertiary/aromatic N) is 4. The van der Waals surface area contributed by atoms with E-state index in [0.717, 1.165) is 66.8 Å². The number of pyridine rings is 2. The van der Waals surface area contributed by atoms with Crippen LogP contribution in [0.4, 0.5) is 0 Å². The SMILES string of the molecule is c1ccc(-c2cc(-c3ccc(-c4ccc5nc(-c6cccnc6)c6cccc(-c7ccccc7)c6c5c4)cc3)nc(-c3ccccc3)n2)cc1. The first kappa shape index (κ1) is 29.4. The Balaban J connectivity index is 1.17. The van der Waals surface area contributed by atoms with Crippen molar-refractivity contribution in [1.29, 1.82) is 0 Å². The van der Waals surface area contributed by atoms with Gasteiger partial charge >= 0.3 is 0 Å². The molecule has 9 aromatic rings. The standard InChI is InChI=1S/C46H30N4/c1-4-12-32(13-5-1)38-19-10-20-39-44(38)40-28-36(25-26-41(40)48-45(39)37-18-11-27-47-30-37)31-21-23-34(24-22-31)43-29-42(33-14-6-2-7-15-33)49-46(50-43)35-16-8-3-9-17-35/h1-30H. The molecule has 4 heteroatoms. The summed E-state index contributed by atoms with van der Waals surface area (Å²) in [6.07, 6.45) is 3.69. The van der Waals surface area contributed by atoms with Crippen molar-refractivity contribution < 1.29 is 0 Å². The first-order chi connectivity index (χ1) is 24.8. The number of fused-ring (bicyclic) bond motifs is 3. The van der Waals surface area contributed by atoms with E-state index in [-0.39, 0.29) is 0 Å². The topological polar surface area (TPSA) is 51.6 Å². The summed E-state index contributed by atoms with van der Waals surface area (Å²) in [6, 6.07) is 58.9. The van der Waals surface area contributed by atoms with Gasteiger partial charge in [0.05, 0.1) is 22.6 Å². The zero-order valence-electron chi connectivity index (χ0n) is 27.1. The van der Waals surface area contributed by atoms with E-state index >= 15 is 0 Å². The van der Waals surface area contributed by atoms with E-state index in [4.69, 9.17) is 15.0 Å². The van der Waals surface area contributed by atoms with Crippen LogP contribution < -0.4 is 0 Å². The molecule has 4 nitrogen and oxygen atoms in total. The molecule has 6 aromatic carbocycles. The first-order valence-corrected chi connectivity index (χ1v) is 16.7. The molecule has 50 heavy (non-hydrogen) atoms. The molecule has 3 heterocycles. The molecule has 0 radical (unpaired) electrons. The van der Waals surface area contributed by atoms with Gasteiger partial charge in [-0.2, -0.15) is 0 Å². The summed E-state index contributed by atoms with van der Waals surface area (Å²) in [5.41, 5.74) is 12.3. The lowest BCUT2D eigenvalue weighted by atomic mass is 9.92. The minimum atomic E-state index is 0.708. The molecule has 0 amide bonds. The number of hydrogen-bond donors (Lipinski definition) is 0. The molecule has 0 bridgehead atoms. The van der Waals surface area contributed by atoms with Crippen LogP contribution in [0.3, 0.4) is 0 Å². The van der Waals surface area contributed by atoms with Crippen LogP contribution in [-0.4, -0.2) is 19.9 Å². The monoisotopic (exact) mass is 638 g/mol. The number of rotatable bonds is 6. The van der Waals surface area contributed by atoms with Gasteiger partial charge in [0.1, 0.15) is 0 Å². The van der Waals surface area contributed by atoms with Gasteiger partial charge in [-0.15, -0.1) is 0 Å². The fourth-order valence-corrected chi connectivity index (χ4v) is 6.72. The van der Waals surface area contributed by atoms with Crippen LogP contribution in [0.25, 0.3) is 89.1 Å². The molecule has 234 valence electrons. The fraction of sp³-hybridized carbons (Fsp3) is 0. The highest BCUT2D eigenvalue weighted by molar-refractivity contribution is 6.17. The Morgan fingerprint density at radius 2 is 0.960 bits per heavy atom. The Morgan fingerprint density at radius 3 is 1.64 bits per heavy atom. The number of hydrogen-bond acceptors (Lipinski definition) is 4. The van der Waals surface area contributed by atoms with Gasteiger partial charge in [0.25, 0.3) is 0 Å². The fourth-order valence-electron chi connectivity index (χ4n) is 6.72. The molecular weight excluding hydrogens is 609 g/mol. The maximum Gasteiger partial charge on any atom is 0.160 e. The third-order valence-electron chi connectivity index (χ3n) is 9.18. The summed E-state index contributed by atoms with van der Waals surface area (Å²) in [5, 5.41) is 3.40. The zero-order chi connectivity index (χ0) is 33.3. The van der Waals surface area contributed by atoms with E-state index in [1.807, 2.05) is 48.7 Å². The summed E-state index contributed by atoms with van der Waals surface area (Å²) < 4.78 is 0. The number of benzene rings is 6. The molecule has 0 saturated carbocycles. The van der Waals surface area contributed by atoms with Gasteiger partial charge in [-0.1, -0.05) is 140 Å². The molecule has 0 unspecified atom stereocenters. The van der Waals surface area contributed by atoms with Crippen molar-refractivity contribution in [2.75, 3.05) is 0 Å². The second kappa shape index (κ2) is 12.7. The van der Waals surface area contributed by atoms with Crippen molar-refractivity contribution >= 4 is 21.7 Å². The molecule has 3 aromatic heterocycles. The molecule has 0 saturated heterocycles. The van der Waals surface area contributed by atoms with Crippen molar-refractivity contribution in [2.24, 2.45) is 0 Å². The molecule has 0 spiro atoms. The Hall–Kier alpha value is -6.78. The van der Waals surface area contributed by atoms with Gasteiger partial charge in [0.15, 0.2) is 5.82 Å². The predicted octanol–water partition coefficient (Wildman–Crippen LogP) is 11.6. The lowest BCUT2D eigenvalue weighted by Crippen LogP contribution is -1.95. The molecule has 0 aliphatic carbocycles. The quantitative estimate of drug-likeness (QED) is 0.170. The van der Waals surface area contributed by atoms with Gasteiger partial charge in [-0.25, -0.2) is 15.0 Å². The molecule has 0 aliphatic heterocycles. The Kier molecular flexibility index (Phi) is 7.45. The smallest absolute Gasteiger partial charge is 0.160 e. The molecular formula is C46H30N4. The van der Waals surface area contributed by atoms with Crippen LogP contribution >= 0.6 is 0 Å². The second-order valence-corrected chi connectivity index (χ2v) is 12.3. The highest BCUT2D eigenvalue weighted by Crippen LogP contribution is 2.40. The van der Waals surface area contributed by atoms with E-state index in [2.05, 4.69) is 132 Å². The minimum Gasteiger partial charge on any atom is -0.264 e. The summed E-state index contributed by atoms with van der Waals surface area (Å²) in [5.74, 6) is 0.708. The van der Waals surface area contributed by atoms with Gasteiger partial charge in [-0.05, 0) is 52.6 Å². The van der Waals surface area contributed by atoms with Gasteiger partial charge in [0.2, 0.25) is 0 Å². The third kappa shape index (κ3) is 5.49. The Morgan fingerprint density at radius 1 is 0.360 bits per heavy atom. The van der Waals surface area contributed by atoms with Crippen molar-refractivity contribution in [1.82, 2.24) is 19.9 Å². The minimum absolute atomic E-state index is 0.708. The third-order valence-corrected chi connectivity index (χ3v) is 9.18. The van der Waals surface area contributed by atoms with E-state index in [1.54, 1.807) is 6.20 Å². The maximum atomic E-state index is 5.21. The lowest BCUT2D eigenvalue weighted by Gasteiger charge is -2.15. The summed E-state index contributed by atoms with van der Waals surface area (Å²) >= 11 is 0. The normalized spacial score (nSPS) is 11.2. The van der Waals surface area contributed by atoms with E-state index in [9.17, 15) is 0 Å². The van der Waals surface area contributed by atoms with E-state index < -0.39 is 0 Å². The van der Waals surface area contributed by atoms with Crippen molar-refractivity contribution in [3.05, 3.63) is 182 Å². The summed E-state index contributed by atoms with van der Waals surface area (Å²) in [6.45, 7) is 0. The van der Waals surface area contributed by atoms with E-state index in [1.165, 1.54) is 16.5 Å². The van der Waals surface area contributed by atoms with Gasteiger partial charge in [0, 0.05) is 50.8 Å². The zero-order valence-corrected chi connectivity index (χ0v) is 27.1. The van der Waals surface area contributed by atoms with Crippen molar-refractivity contribution in [3.8, 4) is 67.4 Å². The van der Waals surface area contributed by atoms with Crippen LogP contribution in [0.2, 0.25) is 0 Å². The molecule has 0 atom stereocenters. The second-order valence-electron chi connectivity index (χ2n) is 12.3. The average molecular weight is 639 g/mol. The molecule has 0 aliphatic rings. The lowest BCUT2D eigenvalue weighted by molar-refractivity contribution is 1.18. The van der Waals surface area contributed by atoms with Crippen LogP contribution in [0.5, 0.6) is 0 Å².